The van der Waals surface area contributed by atoms with Gasteiger partial charge in [0.2, 0.25) is 5.12 Å². The van der Waals surface area contributed by atoms with E-state index in [1.54, 1.807) is 6.92 Å². The van der Waals surface area contributed by atoms with Gasteiger partial charge in [-0.2, -0.15) is 0 Å². The third-order valence-electron chi connectivity index (χ3n) is 4.30. The van der Waals surface area contributed by atoms with E-state index >= 15 is 0 Å². The van der Waals surface area contributed by atoms with Gasteiger partial charge in [-0.1, -0.05) is 49.2 Å². The highest BCUT2D eigenvalue weighted by atomic mass is 32.2. The SMILES string of the molecule is C=CC(=O)SCC1CSC(c2ccc(C3SCC(CSOC(=O)C(=C)C)S3)cc2)S1. The molecular weight excluding hydrogens is 493 g/mol. The molecule has 3 nitrogen and oxygen atoms in total. The fraction of sp³-hybridized carbons (Fsp3) is 0.429. The van der Waals surface area contributed by atoms with Gasteiger partial charge in [0.15, 0.2) is 0 Å². The van der Waals surface area contributed by atoms with E-state index in [0.29, 0.717) is 25.2 Å². The normalized spacial score (nSPS) is 25.8. The van der Waals surface area contributed by atoms with Crippen LogP contribution < -0.4 is 0 Å². The first kappa shape index (κ1) is 24.6. The van der Waals surface area contributed by atoms with E-state index < -0.39 is 0 Å². The molecule has 0 aromatic heterocycles. The van der Waals surface area contributed by atoms with Crippen molar-refractivity contribution in [2.75, 3.05) is 23.0 Å². The Kier molecular flexibility index (Phi) is 10.0. The first-order valence-corrected chi connectivity index (χ1v) is 15.3. The summed E-state index contributed by atoms with van der Waals surface area (Å²) < 4.78 is 6.02. The zero-order valence-corrected chi connectivity index (χ0v) is 21.5. The number of rotatable bonds is 9. The van der Waals surface area contributed by atoms with Crippen molar-refractivity contribution < 1.29 is 13.8 Å². The smallest absolute Gasteiger partial charge is 0.345 e. The van der Waals surface area contributed by atoms with Crippen LogP contribution in [0.25, 0.3) is 0 Å². The molecule has 3 rings (SSSR count). The highest BCUT2D eigenvalue weighted by Gasteiger charge is 2.30. The number of carbonyl (C=O) groups excluding carboxylic acids is 2. The summed E-state index contributed by atoms with van der Waals surface area (Å²) in [6, 6.07) is 9.01. The number of thioether (sulfide) groups is 5. The maximum atomic E-state index is 11.5. The Bertz CT molecular complexity index is 781. The molecular formula is C21H24O3S6. The van der Waals surface area contributed by atoms with Crippen LogP contribution in [0.2, 0.25) is 0 Å². The van der Waals surface area contributed by atoms with Crippen molar-refractivity contribution >= 4 is 81.9 Å². The monoisotopic (exact) mass is 516 g/mol. The van der Waals surface area contributed by atoms with Crippen molar-refractivity contribution in [3.63, 3.8) is 0 Å². The zero-order chi connectivity index (χ0) is 21.5. The highest BCUT2D eigenvalue weighted by Crippen LogP contribution is 2.52. The molecule has 0 bridgehead atoms. The van der Waals surface area contributed by atoms with Crippen LogP contribution >= 0.6 is 70.9 Å². The molecule has 4 atom stereocenters. The maximum absolute atomic E-state index is 11.5. The van der Waals surface area contributed by atoms with Crippen molar-refractivity contribution in [2.45, 2.75) is 26.6 Å². The number of hydrogen-bond donors (Lipinski definition) is 0. The molecule has 0 spiro atoms. The Labute approximate surface area is 204 Å². The van der Waals surface area contributed by atoms with Gasteiger partial charge in [-0.3, -0.25) is 4.79 Å². The second kappa shape index (κ2) is 12.3. The number of hydrogen-bond acceptors (Lipinski definition) is 9. The van der Waals surface area contributed by atoms with Gasteiger partial charge < -0.3 is 4.18 Å². The van der Waals surface area contributed by atoms with E-state index in [-0.39, 0.29) is 11.1 Å². The molecule has 2 fully saturated rings. The molecule has 2 aliphatic heterocycles. The molecule has 0 N–H and O–H groups in total. The van der Waals surface area contributed by atoms with Gasteiger partial charge in [0.25, 0.3) is 0 Å². The minimum absolute atomic E-state index is 0.0608. The van der Waals surface area contributed by atoms with E-state index in [4.69, 9.17) is 4.18 Å². The lowest BCUT2D eigenvalue weighted by Crippen LogP contribution is -2.07. The Morgan fingerprint density at radius 1 is 1.07 bits per heavy atom. The van der Waals surface area contributed by atoms with Gasteiger partial charge in [0, 0.05) is 39.1 Å². The van der Waals surface area contributed by atoms with E-state index in [1.807, 2.05) is 47.0 Å². The van der Waals surface area contributed by atoms with Crippen molar-refractivity contribution in [1.29, 1.82) is 0 Å². The second-order valence-corrected chi connectivity index (χ2v) is 14.2. The van der Waals surface area contributed by atoms with Crippen LogP contribution in [0.4, 0.5) is 0 Å². The summed E-state index contributed by atoms with van der Waals surface area (Å²) >= 11 is 10.4. The molecule has 9 heteroatoms. The summed E-state index contributed by atoms with van der Waals surface area (Å²) in [5.74, 6) is 3.46. The Hall–Kier alpha value is -0.0600. The van der Waals surface area contributed by atoms with E-state index in [2.05, 4.69) is 37.4 Å². The van der Waals surface area contributed by atoms with Crippen LogP contribution in [0, 0.1) is 0 Å². The quantitative estimate of drug-likeness (QED) is 0.267. The summed E-state index contributed by atoms with van der Waals surface area (Å²) in [5, 5.41) is 1.04. The Balaban J connectivity index is 1.44. The number of benzene rings is 1. The second-order valence-electron chi connectivity index (χ2n) is 6.78. The standard InChI is InChI=1S/C21H24O3S6/c1-4-18(22)25-9-16-10-26-20(29-16)14-5-7-15(8-6-14)21-27-11-17(30-21)12-28-24-19(23)13(2)3/h4-8,16-17,20-21H,1-2,9-12H2,3H3. The van der Waals surface area contributed by atoms with Gasteiger partial charge in [-0.05, 0) is 24.1 Å². The first-order valence-electron chi connectivity index (χ1n) is 9.38. The molecule has 0 amide bonds. The largest absolute Gasteiger partial charge is 0.388 e. The molecule has 0 radical (unpaired) electrons. The van der Waals surface area contributed by atoms with Crippen molar-refractivity contribution in [3.05, 3.63) is 60.2 Å². The van der Waals surface area contributed by atoms with Gasteiger partial charge in [-0.15, -0.1) is 47.0 Å². The highest BCUT2D eigenvalue weighted by molar-refractivity contribution is 8.21. The van der Waals surface area contributed by atoms with Crippen LogP contribution in [0.3, 0.4) is 0 Å². The lowest BCUT2D eigenvalue weighted by atomic mass is 10.2. The summed E-state index contributed by atoms with van der Waals surface area (Å²) in [5.41, 5.74) is 3.13. The molecule has 1 aromatic carbocycles. The molecule has 30 heavy (non-hydrogen) atoms. The lowest BCUT2D eigenvalue weighted by molar-refractivity contribution is -0.128. The van der Waals surface area contributed by atoms with Gasteiger partial charge >= 0.3 is 5.97 Å². The predicted molar refractivity (Wildman–Crippen MR) is 141 cm³/mol. The molecule has 2 saturated heterocycles. The third-order valence-corrected chi connectivity index (χ3v) is 13.3. The van der Waals surface area contributed by atoms with Crippen LogP contribution in [0.15, 0.2) is 49.1 Å². The van der Waals surface area contributed by atoms with Crippen LogP contribution in [0.5, 0.6) is 0 Å². The van der Waals surface area contributed by atoms with E-state index in [0.717, 1.165) is 23.0 Å². The van der Waals surface area contributed by atoms with Gasteiger partial charge in [-0.25, -0.2) is 4.79 Å². The molecule has 2 heterocycles. The van der Waals surface area contributed by atoms with Gasteiger partial charge in [0.05, 0.1) is 21.2 Å². The minimum atomic E-state index is -0.335. The minimum Gasteiger partial charge on any atom is -0.388 e. The van der Waals surface area contributed by atoms with E-state index in [1.165, 1.54) is 41.0 Å². The van der Waals surface area contributed by atoms with E-state index in [9.17, 15) is 9.59 Å². The zero-order valence-electron chi connectivity index (χ0n) is 16.6. The van der Waals surface area contributed by atoms with Crippen molar-refractivity contribution in [3.8, 4) is 0 Å². The average molecular weight is 517 g/mol. The summed E-state index contributed by atoms with van der Waals surface area (Å²) in [4.78, 5) is 22.9. The molecule has 1 aromatic rings. The number of carbonyl (C=O) groups is 2. The molecule has 162 valence electrons. The molecule has 0 aliphatic carbocycles. The topological polar surface area (TPSA) is 43.4 Å². The van der Waals surface area contributed by atoms with Crippen LogP contribution in [-0.2, 0) is 13.8 Å². The molecule has 0 saturated carbocycles. The first-order chi connectivity index (χ1) is 14.5. The average Bonchev–Trinajstić information content (AvgIpc) is 3.42. The lowest BCUT2D eigenvalue weighted by Gasteiger charge is -2.13. The predicted octanol–water partition coefficient (Wildman–Crippen LogP) is 6.59. The fourth-order valence-corrected chi connectivity index (χ4v) is 11.4. The van der Waals surface area contributed by atoms with Gasteiger partial charge in [0.1, 0.15) is 0 Å². The maximum Gasteiger partial charge on any atom is 0.345 e. The molecule has 2 aliphatic rings. The van der Waals surface area contributed by atoms with Crippen molar-refractivity contribution in [2.24, 2.45) is 0 Å². The van der Waals surface area contributed by atoms with Crippen LogP contribution in [0.1, 0.15) is 27.2 Å². The van der Waals surface area contributed by atoms with Crippen molar-refractivity contribution in [1.82, 2.24) is 0 Å². The Morgan fingerprint density at radius 3 is 2.10 bits per heavy atom. The molecule has 4 unspecified atom stereocenters. The summed E-state index contributed by atoms with van der Waals surface area (Å²) in [6.45, 7) is 8.79. The third kappa shape index (κ3) is 7.24. The fourth-order valence-electron chi connectivity index (χ4n) is 2.70. The summed E-state index contributed by atoms with van der Waals surface area (Å²) in [6.07, 6.45) is 1.39. The van der Waals surface area contributed by atoms with Crippen LogP contribution in [-0.4, -0.2) is 44.6 Å². The Morgan fingerprint density at radius 2 is 1.60 bits per heavy atom. The summed E-state index contributed by atoms with van der Waals surface area (Å²) in [7, 11) is 0.